The largest absolute Gasteiger partial charge is 0.379 e. The number of sulfonamides is 1. The molecule has 1 aliphatic heterocycles. The molecular formula is C24H34N2O4S. The van der Waals surface area contributed by atoms with Crippen LogP contribution in [0.5, 0.6) is 0 Å². The van der Waals surface area contributed by atoms with Crippen molar-refractivity contribution in [3.8, 4) is 0 Å². The van der Waals surface area contributed by atoms with Gasteiger partial charge in [-0.1, -0.05) is 32.0 Å². The third kappa shape index (κ3) is 3.72. The lowest BCUT2D eigenvalue weighted by atomic mass is 9.40. The van der Waals surface area contributed by atoms with Crippen molar-refractivity contribution in [1.82, 2.24) is 9.62 Å². The van der Waals surface area contributed by atoms with Crippen LogP contribution in [-0.2, 0) is 26.1 Å². The zero-order chi connectivity index (χ0) is 21.9. The Morgan fingerprint density at radius 3 is 2.35 bits per heavy atom. The number of ether oxygens (including phenoxy) is 1. The third-order valence-corrected chi connectivity index (χ3v) is 10.1. The number of hydrogen-bond donors (Lipinski definition) is 1. The van der Waals surface area contributed by atoms with Gasteiger partial charge < -0.3 is 10.1 Å². The molecule has 5 fully saturated rings. The molecule has 1 aromatic carbocycles. The van der Waals surface area contributed by atoms with E-state index in [1.54, 1.807) is 12.1 Å². The minimum Gasteiger partial charge on any atom is -0.379 e. The second-order valence-corrected chi connectivity index (χ2v) is 13.1. The van der Waals surface area contributed by atoms with Crippen molar-refractivity contribution < 1.29 is 17.9 Å². The summed E-state index contributed by atoms with van der Waals surface area (Å²) in [7, 11) is -3.60. The predicted octanol–water partition coefficient (Wildman–Crippen LogP) is 3.32. The van der Waals surface area contributed by atoms with Gasteiger partial charge >= 0.3 is 0 Å². The standard InChI is InChI=1S/C24H34N2O4S/c1-22-11-18-12-23(2,15-22)17-24(13-18,16-22)21(27)25-14-19-5-3-4-6-20(19)31(28,29)26-7-9-30-10-8-26/h3-6,18H,7-17H2,1-2H3,(H,25,27). The van der Waals surface area contributed by atoms with Gasteiger partial charge in [0.05, 0.1) is 23.5 Å². The van der Waals surface area contributed by atoms with Crippen LogP contribution in [0.25, 0.3) is 0 Å². The number of amides is 1. The van der Waals surface area contributed by atoms with Gasteiger partial charge in [0.25, 0.3) is 0 Å². The molecule has 0 radical (unpaired) electrons. The lowest BCUT2D eigenvalue weighted by molar-refractivity contribution is -0.170. The Bertz CT molecular complexity index is 967. The topological polar surface area (TPSA) is 75.7 Å². The molecule has 4 bridgehead atoms. The molecule has 1 heterocycles. The first kappa shape index (κ1) is 21.4. The number of carbonyl (C=O) groups excluding carboxylic acids is 1. The van der Waals surface area contributed by atoms with Crippen LogP contribution in [0.4, 0.5) is 0 Å². The Morgan fingerprint density at radius 2 is 1.71 bits per heavy atom. The summed E-state index contributed by atoms with van der Waals surface area (Å²) in [6.45, 7) is 6.54. The van der Waals surface area contributed by atoms with E-state index in [2.05, 4.69) is 19.2 Å². The Labute approximate surface area is 185 Å². The maximum Gasteiger partial charge on any atom is 0.243 e. The molecule has 2 unspecified atom stereocenters. The first-order valence-electron chi connectivity index (χ1n) is 11.6. The number of nitrogens with zero attached hydrogens (tertiary/aromatic N) is 1. The minimum absolute atomic E-state index is 0.118. The molecular weight excluding hydrogens is 412 g/mol. The molecule has 6 rings (SSSR count). The molecule has 1 saturated heterocycles. The smallest absolute Gasteiger partial charge is 0.243 e. The molecule has 0 spiro atoms. The fourth-order valence-corrected chi connectivity index (χ4v) is 9.52. The highest BCUT2D eigenvalue weighted by molar-refractivity contribution is 7.89. The maximum atomic E-state index is 13.5. The van der Waals surface area contributed by atoms with E-state index in [9.17, 15) is 13.2 Å². The predicted molar refractivity (Wildman–Crippen MR) is 118 cm³/mol. The van der Waals surface area contributed by atoms with E-state index in [-0.39, 0.29) is 28.7 Å². The summed E-state index contributed by atoms with van der Waals surface area (Å²) in [5.41, 5.74) is 0.900. The Morgan fingerprint density at radius 1 is 1.06 bits per heavy atom. The van der Waals surface area contributed by atoms with Gasteiger partial charge in [-0.15, -0.1) is 0 Å². The average Bonchev–Trinajstić information content (AvgIpc) is 2.70. The molecule has 1 N–H and O–H groups in total. The monoisotopic (exact) mass is 446 g/mol. The van der Waals surface area contributed by atoms with E-state index in [1.807, 2.05) is 12.1 Å². The Hall–Kier alpha value is -1.44. The fourth-order valence-electron chi connectivity index (χ4n) is 7.89. The second kappa shape index (κ2) is 7.29. The minimum atomic E-state index is -3.60. The summed E-state index contributed by atoms with van der Waals surface area (Å²) in [5.74, 6) is 0.763. The second-order valence-electron chi connectivity index (χ2n) is 11.2. The van der Waals surface area contributed by atoms with Crippen LogP contribution in [0.2, 0.25) is 0 Å². The van der Waals surface area contributed by atoms with Gasteiger partial charge in [0.1, 0.15) is 0 Å². The summed E-state index contributed by atoms with van der Waals surface area (Å²) in [6.07, 6.45) is 6.64. The summed E-state index contributed by atoms with van der Waals surface area (Å²) < 4.78 is 33.2. The van der Waals surface area contributed by atoms with Gasteiger partial charge in [0.15, 0.2) is 0 Å². The molecule has 1 aromatic rings. The number of nitrogens with one attached hydrogen (secondary N) is 1. The first-order valence-corrected chi connectivity index (χ1v) is 13.0. The highest BCUT2D eigenvalue weighted by Gasteiger charge is 2.62. The molecule has 4 saturated carbocycles. The SMILES string of the molecule is CC12CC3CC(C)(C1)CC(C(=O)NCc1ccccc1S(=O)(=O)N1CCOCC1)(C3)C2. The van der Waals surface area contributed by atoms with Crippen molar-refractivity contribution in [3.63, 3.8) is 0 Å². The summed E-state index contributed by atoms with van der Waals surface area (Å²) >= 11 is 0. The normalized spacial score (nSPS) is 37.7. The van der Waals surface area contributed by atoms with Crippen LogP contribution in [-0.4, -0.2) is 44.9 Å². The quantitative estimate of drug-likeness (QED) is 0.753. The summed E-state index contributed by atoms with van der Waals surface area (Å²) in [4.78, 5) is 13.8. The summed E-state index contributed by atoms with van der Waals surface area (Å²) in [6, 6.07) is 7.06. The fraction of sp³-hybridized carbons (Fsp3) is 0.708. The van der Waals surface area contributed by atoms with Crippen LogP contribution in [0, 0.1) is 22.2 Å². The maximum absolute atomic E-state index is 13.5. The molecule has 4 aliphatic carbocycles. The Kier molecular flexibility index (Phi) is 5.03. The van der Waals surface area contributed by atoms with Crippen molar-refractivity contribution in [2.24, 2.45) is 22.2 Å². The highest BCUT2D eigenvalue weighted by Crippen LogP contribution is 2.69. The zero-order valence-corrected chi connectivity index (χ0v) is 19.5. The van der Waals surface area contributed by atoms with E-state index in [0.29, 0.717) is 42.7 Å². The van der Waals surface area contributed by atoms with Crippen LogP contribution in [0.3, 0.4) is 0 Å². The van der Waals surface area contributed by atoms with Crippen LogP contribution < -0.4 is 5.32 Å². The van der Waals surface area contributed by atoms with Gasteiger partial charge in [-0.2, -0.15) is 4.31 Å². The zero-order valence-electron chi connectivity index (χ0n) is 18.7. The number of morpholine rings is 1. The van der Waals surface area contributed by atoms with E-state index >= 15 is 0 Å². The molecule has 7 heteroatoms. The lowest BCUT2D eigenvalue weighted by Gasteiger charge is -2.64. The lowest BCUT2D eigenvalue weighted by Crippen LogP contribution is -2.59. The first-order chi connectivity index (χ1) is 14.6. The van der Waals surface area contributed by atoms with Crippen molar-refractivity contribution in [2.75, 3.05) is 26.3 Å². The molecule has 5 aliphatic rings. The van der Waals surface area contributed by atoms with Crippen LogP contribution in [0.1, 0.15) is 57.9 Å². The van der Waals surface area contributed by atoms with Gasteiger partial charge in [0.2, 0.25) is 15.9 Å². The van der Waals surface area contributed by atoms with Crippen molar-refractivity contribution >= 4 is 15.9 Å². The third-order valence-electron chi connectivity index (χ3n) is 8.11. The number of benzene rings is 1. The van der Waals surface area contributed by atoms with Crippen molar-refractivity contribution in [3.05, 3.63) is 29.8 Å². The van der Waals surface area contributed by atoms with Gasteiger partial charge in [-0.3, -0.25) is 4.79 Å². The number of carbonyl (C=O) groups is 1. The van der Waals surface area contributed by atoms with E-state index in [4.69, 9.17) is 4.74 Å². The van der Waals surface area contributed by atoms with Crippen LogP contribution >= 0.6 is 0 Å². The molecule has 0 aromatic heterocycles. The highest BCUT2D eigenvalue weighted by atomic mass is 32.2. The number of rotatable bonds is 5. The summed E-state index contributed by atoms with van der Waals surface area (Å²) in [5, 5.41) is 3.16. The number of hydrogen-bond acceptors (Lipinski definition) is 4. The van der Waals surface area contributed by atoms with Crippen molar-refractivity contribution in [2.45, 2.75) is 63.8 Å². The van der Waals surface area contributed by atoms with E-state index < -0.39 is 10.0 Å². The van der Waals surface area contributed by atoms with E-state index in [1.165, 1.54) is 23.6 Å². The van der Waals surface area contributed by atoms with Gasteiger partial charge in [-0.05, 0) is 66.9 Å². The van der Waals surface area contributed by atoms with Crippen LogP contribution in [0.15, 0.2) is 29.2 Å². The molecule has 6 nitrogen and oxygen atoms in total. The van der Waals surface area contributed by atoms with Crippen molar-refractivity contribution in [1.29, 1.82) is 0 Å². The van der Waals surface area contributed by atoms with Gasteiger partial charge in [-0.25, -0.2) is 8.42 Å². The molecule has 2 atom stereocenters. The molecule has 31 heavy (non-hydrogen) atoms. The Balaban J connectivity index is 1.35. The van der Waals surface area contributed by atoms with Gasteiger partial charge in [0, 0.05) is 19.6 Å². The molecule has 170 valence electrons. The van der Waals surface area contributed by atoms with E-state index in [0.717, 1.165) is 19.3 Å². The average molecular weight is 447 g/mol. The molecule has 1 amide bonds.